The molecule has 2 aromatic carbocycles. The van der Waals surface area contributed by atoms with E-state index in [0.29, 0.717) is 19.0 Å². The summed E-state index contributed by atoms with van der Waals surface area (Å²) in [6.45, 7) is 2.00. The Kier molecular flexibility index (Phi) is 4.00. The number of amides is 1. The summed E-state index contributed by atoms with van der Waals surface area (Å²) in [4.78, 5) is 12.6. The molecular weight excluding hydrogens is 338 g/mol. The van der Waals surface area contributed by atoms with Crippen molar-refractivity contribution < 1.29 is 22.0 Å². The number of halogens is 2. The van der Waals surface area contributed by atoms with Gasteiger partial charge in [0.1, 0.15) is 11.6 Å². The number of hydrogen-bond acceptors (Lipinski definition) is 3. The van der Waals surface area contributed by atoms with Crippen LogP contribution >= 0.6 is 0 Å². The lowest BCUT2D eigenvalue weighted by atomic mass is 10.1. The van der Waals surface area contributed by atoms with Gasteiger partial charge in [0, 0.05) is 30.9 Å². The minimum absolute atomic E-state index is 0.0858. The van der Waals surface area contributed by atoms with Crippen LogP contribution in [0.2, 0.25) is 0 Å². The van der Waals surface area contributed by atoms with Crippen LogP contribution in [0.4, 0.5) is 20.2 Å². The molecule has 0 aromatic heterocycles. The molecule has 5 nitrogen and oxygen atoms in total. The van der Waals surface area contributed by atoms with Crippen LogP contribution in [0.1, 0.15) is 12.5 Å². The molecule has 8 heteroatoms. The third-order valence-electron chi connectivity index (χ3n) is 3.75. The largest absolute Gasteiger partial charge is 0.312 e. The molecule has 0 saturated carbocycles. The lowest BCUT2D eigenvalue weighted by Crippen LogP contribution is -2.25. The Balaban J connectivity index is 1.90. The Morgan fingerprint density at radius 3 is 2.42 bits per heavy atom. The summed E-state index contributed by atoms with van der Waals surface area (Å²) in [5.74, 6) is -2.03. The molecule has 126 valence electrons. The van der Waals surface area contributed by atoms with Gasteiger partial charge in [-0.3, -0.25) is 9.52 Å². The van der Waals surface area contributed by atoms with E-state index in [1.165, 1.54) is 13.0 Å². The van der Waals surface area contributed by atoms with Crippen molar-refractivity contribution in [1.82, 2.24) is 0 Å². The predicted molar refractivity (Wildman–Crippen MR) is 85.3 cm³/mol. The Hall–Kier alpha value is -2.48. The zero-order valence-electron chi connectivity index (χ0n) is 12.7. The molecule has 2 aromatic rings. The monoisotopic (exact) mass is 352 g/mol. The van der Waals surface area contributed by atoms with Gasteiger partial charge in [-0.05, 0) is 42.3 Å². The highest BCUT2D eigenvalue weighted by Crippen LogP contribution is 2.31. The molecule has 1 N–H and O–H groups in total. The van der Waals surface area contributed by atoms with Gasteiger partial charge in [-0.2, -0.15) is 0 Å². The van der Waals surface area contributed by atoms with Crippen molar-refractivity contribution in [3.8, 4) is 0 Å². The maximum atomic E-state index is 13.2. The van der Waals surface area contributed by atoms with Gasteiger partial charge in [0.25, 0.3) is 10.0 Å². The fraction of sp³-hybridized carbons (Fsp3) is 0.188. The molecule has 1 aliphatic heterocycles. The van der Waals surface area contributed by atoms with Crippen LogP contribution in [0.5, 0.6) is 0 Å². The molecule has 0 spiro atoms. The highest BCUT2D eigenvalue weighted by molar-refractivity contribution is 7.92. The van der Waals surface area contributed by atoms with Crippen molar-refractivity contribution in [3.05, 3.63) is 53.6 Å². The average Bonchev–Trinajstić information content (AvgIpc) is 2.89. The van der Waals surface area contributed by atoms with E-state index in [9.17, 15) is 22.0 Å². The first kappa shape index (κ1) is 16.4. The molecule has 3 rings (SSSR count). The van der Waals surface area contributed by atoms with Crippen molar-refractivity contribution in [1.29, 1.82) is 0 Å². The van der Waals surface area contributed by atoms with Crippen molar-refractivity contribution in [3.63, 3.8) is 0 Å². The highest BCUT2D eigenvalue weighted by atomic mass is 32.2. The van der Waals surface area contributed by atoms with Crippen molar-refractivity contribution in [2.75, 3.05) is 16.2 Å². The lowest BCUT2D eigenvalue weighted by Gasteiger charge is -2.15. The Morgan fingerprint density at radius 2 is 1.79 bits per heavy atom. The molecule has 1 heterocycles. The number of nitrogens with one attached hydrogen (secondary N) is 1. The van der Waals surface area contributed by atoms with E-state index in [0.717, 1.165) is 23.4 Å². The maximum Gasteiger partial charge on any atom is 0.262 e. The zero-order valence-corrected chi connectivity index (χ0v) is 13.5. The molecule has 0 atom stereocenters. The van der Waals surface area contributed by atoms with E-state index in [1.54, 1.807) is 17.0 Å². The molecule has 24 heavy (non-hydrogen) atoms. The summed E-state index contributed by atoms with van der Waals surface area (Å²) in [5.41, 5.74) is 1.84. The fourth-order valence-corrected chi connectivity index (χ4v) is 3.78. The molecular formula is C16H14F2N2O3S. The number of sulfonamides is 1. The van der Waals surface area contributed by atoms with Crippen LogP contribution < -0.4 is 9.62 Å². The van der Waals surface area contributed by atoms with Crippen molar-refractivity contribution in [2.45, 2.75) is 18.2 Å². The van der Waals surface area contributed by atoms with E-state index in [4.69, 9.17) is 0 Å². The van der Waals surface area contributed by atoms with Gasteiger partial charge in [-0.25, -0.2) is 17.2 Å². The molecule has 0 bridgehead atoms. The SMILES string of the molecule is CC(=O)N1CCc2cc(NS(=O)(=O)c3cc(F)cc(F)c3)ccc21. The summed E-state index contributed by atoms with van der Waals surface area (Å²) in [5, 5.41) is 0. The zero-order chi connectivity index (χ0) is 17.5. The predicted octanol–water partition coefficient (Wildman–Crippen LogP) is 2.67. The maximum absolute atomic E-state index is 13.2. The smallest absolute Gasteiger partial charge is 0.262 e. The van der Waals surface area contributed by atoms with Gasteiger partial charge < -0.3 is 4.90 Å². The van der Waals surface area contributed by atoms with Gasteiger partial charge in [0.15, 0.2) is 0 Å². The van der Waals surface area contributed by atoms with Gasteiger partial charge in [0.05, 0.1) is 4.90 Å². The number of fused-ring (bicyclic) bond motifs is 1. The second-order valence-corrected chi connectivity index (χ2v) is 7.16. The second kappa shape index (κ2) is 5.86. The van der Waals surface area contributed by atoms with E-state index in [-0.39, 0.29) is 11.6 Å². The van der Waals surface area contributed by atoms with Crippen molar-refractivity contribution >= 4 is 27.3 Å². The number of hydrogen-bond donors (Lipinski definition) is 1. The minimum atomic E-state index is -4.12. The van der Waals surface area contributed by atoms with E-state index in [1.807, 2.05) is 0 Å². The number of rotatable bonds is 3. The second-order valence-electron chi connectivity index (χ2n) is 5.47. The lowest BCUT2D eigenvalue weighted by molar-refractivity contribution is -0.116. The van der Waals surface area contributed by atoms with Crippen LogP contribution in [0.15, 0.2) is 41.3 Å². The van der Waals surface area contributed by atoms with E-state index >= 15 is 0 Å². The molecule has 0 saturated heterocycles. The summed E-state index contributed by atoms with van der Waals surface area (Å²) in [6.07, 6.45) is 0.610. The third-order valence-corrected chi connectivity index (χ3v) is 5.11. The first-order valence-electron chi connectivity index (χ1n) is 7.16. The number of nitrogens with zero attached hydrogens (tertiary/aromatic N) is 1. The summed E-state index contributed by atoms with van der Waals surface area (Å²) >= 11 is 0. The Bertz CT molecular complexity index is 909. The van der Waals surface area contributed by atoms with Crippen LogP contribution in [-0.2, 0) is 21.2 Å². The Morgan fingerprint density at radius 1 is 1.12 bits per heavy atom. The molecule has 0 radical (unpaired) electrons. The van der Waals surface area contributed by atoms with Gasteiger partial charge in [0.2, 0.25) is 5.91 Å². The Labute approximate surface area is 138 Å². The summed E-state index contributed by atoms with van der Waals surface area (Å²) in [6, 6.07) is 6.86. The molecule has 1 aliphatic rings. The topological polar surface area (TPSA) is 66.5 Å². The van der Waals surface area contributed by atoms with Gasteiger partial charge in [-0.1, -0.05) is 0 Å². The highest BCUT2D eigenvalue weighted by Gasteiger charge is 2.23. The van der Waals surface area contributed by atoms with Crippen LogP contribution in [0.3, 0.4) is 0 Å². The fourth-order valence-electron chi connectivity index (χ4n) is 2.69. The first-order valence-corrected chi connectivity index (χ1v) is 8.64. The van der Waals surface area contributed by atoms with Gasteiger partial charge in [-0.15, -0.1) is 0 Å². The number of carbonyl (C=O) groups excluding carboxylic acids is 1. The average molecular weight is 352 g/mol. The molecule has 1 amide bonds. The van der Waals surface area contributed by atoms with Crippen LogP contribution in [0, 0.1) is 11.6 Å². The number of benzene rings is 2. The summed E-state index contributed by atoms with van der Waals surface area (Å²) in [7, 11) is -4.12. The van der Waals surface area contributed by atoms with Crippen LogP contribution in [0.25, 0.3) is 0 Å². The van der Waals surface area contributed by atoms with E-state index in [2.05, 4.69) is 4.72 Å². The minimum Gasteiger partial charge on any atom is -0.312 e. The molecule has 0 aliphatic carbocycles. The standard InChI is InChI=1S/C16H14F2N2O3S/c1-10(21)20-5-4-11-6-14(2-3-16(11)20)19-24(22,23)15-8-12(17)7-13(18)9-15/h2-3,6-9,19H,4-5H2,1H3. The number of anilines is 2. The van der Waals surface area contributed by atoms with Crippen molar-refractivity contribution in [2.24, 2.45) is 0 Å². The van der Waals surface area contributed by atoms with Crippen LogP contribution in [-0.4, -0.2) is 20.9 Å². The van der Waals surface area contributed by atoms with Gasteiger partial charge >= 0.3 is 0 Å². The third kappa shape index (κ3) is 3.09. The first-order chi connectivity index (χ1) is 11.3. The van der Waals surface area contributed by atoms with E-state index < -0.39 is 26.6 Å². The quantitative estimate of drug-likeness (QED) is 0.924. The number of carbonyl (C=O) groups is 1. The molecule has 0 fully saturated rings. The summed E-state index contributed by atoms with van der Waals surface area (Å²) < 4.78 is 53.3. The molecule has 0 unspecified atom stereocenters. The normalized spacial score (nSPS) is 13.7.